The van der Waals surface area contributed by atoms with Gasteiger partial charge in [-0.3, -0.25) is 14.5 Å². The van der Waals surface area contributed by atoms with Crippen LogP contribution in [0, 0.1) is 5.92 Å². The summed E-state index contributed by atoms with van der Waals surface area (Å²) in [4.78, 5) is 18.1. The molecule has 2 aromatic heterocycles. The fraction of sp³-hybridized carbons (Fsp3) is 0.438. The van der Waals surface area contributed by atoms with E-state index in [9.17, 15) is 9.90 Å². The van der Waals surface area contributed by atoms with Crippen LogP contribution in [0.25, 0.3) is 0 Å². The maximum atomic E-state index is 11.5. The van der Waals surface area contributed by atoms with E-state index in [2.05, 4.69) is 15.0 Å². The van der Waals surface area contributed by atoms with Gasteiger partial charge in [-0.1, -0.05) is 6.07 Å². The molecule has 6 nitrogen and oxygen atoms in total. The SMILES string of the molecule is Cn1cc(CCN2CC(C(=O)O)C(c3ccccn3)C2)cn1. The molecule has 2 aromatic rings. The Kier molecular flexibility index (Phi) is 4.20. The Balaban J connectivity index is 1.66. The van der Waals surface area contributed by atoms with Crippen molar-refractivity contribution < 1.29 is 9.90 Å². The summed E-state index contributed by atoms with van der Waals surface area (Å²) in [5, 5.41) is 13.6. The van der Waals surface area contributed by atoms with Crippen molar-refractivity contribution in [3.8, 4) is 0 Å². The predicted octanol–water partition coefficient (Wildman–Crippen LogP) is 1.16. The molecule has 1 fully saturated rings. The van der Waals surface area contributed by atoms with E-state index in [0.717, 1.165) is 25.2 Å². The molecule has 1 aliphatic heterocycles. The van der Waals surface area contributed by atoms with Crippen LogP contribution in [0.15, 0.2) is 36.8 Å². The molecule has 0 aliphatic carbocycles. The number of likely N-dealkylation sites (tertiary alicyclic amines) is 1. The fourth-order valence-corrected chi connectivity index (χ4v) is 3.10. The van der Waals surface area contributed by atoms with Crippen LogP contribution in [-0.2, 0) is 18.3 Å². The minimum absolute atomic E-state index is 0.0346. The first kappa shape index (κ1) is 14.7. The highest BCUT2D eigenvalue weighted by molar-refractivity contribution is 5.72. The smallest absolute Gasteiger partial charge is 0.308 e. The zero-order chi connectivity index (χ0) is 15.5. The van der Waals surface area contributed by atoms with E-state index in [4.69, 9.17) is 0 Å². The molecule has 3 heterocycles. The summed E-state index contributed by atoms with van der Waals surface area (Å²) in [7, 11) is 1.90. The zero-order valence-electron chi connectivity index (χ0n) is 12.6. The average Bonchev–Trinajstić information content (AvgIpc) is 3.12. The summed E-state index contributed by atoms with van der Waals surface area (Å²) in [5.41, 5.74) is 2.05. The molecule has 0 saturated carbocycles. The van der Waals surface area contributed by atoms with Gasteiger partial charge in [0.1, 0.15) is 0 Å². The number of hydrogen-bond donors (Lipinski definition) is 1. The number of aliphatic carboxylic acids is 1. The van der Waals surface area contributed by atoms with Gasteiger partial charge in [-0.2, -0.15) is 5.10 Å². The van der Waals surface area contributed by atoms with E-state index in [1.54, 1.807) is 10.9 Å². The molecule has 6 heteroatoms. The Morgan fingerprint density at radius 2 is 2.27 bits per heavy atom. The van der Waals surface area contributed by atoms with Gasteiger partial charge in [0.05, 0.1) is 12.1 Å². The monoisotopic (exact) mass is 300 g/mol. The lowest BCUT2D eigenvalue weighted by Gasteiger charge is -2.15. The molecule has 3 rings (SSSR count). The van der Waals surface area contributed by atoms with E-state index in [1.807, 2.05) is 37.6 Å². The molecule has 0 amide bonds. The average molecular weight is 300 g/mol. The molecule has 0 bridgehead atoms. The summed E-state index contributed by atoms with van der Waals surface area (Å²) < 4.78 is 1.79. The number of carboxylic acids is 1. The van der Waals surface area contributed by atoms with Crippen molar-refractivity contribution in [2.75, 3.05) is 19.6 Å². The molecule has 1 saturated heterocycles. The van der Waals surface area contributed by atoms with Crippen LogP contribution >= 0.6 is 0 Å². The van der Waals surface area contributed by atoms with E-state index in [0.29, 0.717) is 6.54 Å². The second-order valence-corrected chi connectivity index (χ2v) is 5.84. The second kappa shape index (κ2) is 6.27. The van der Waals surface area contributed by atoms with Crippen molar-refractivity contribution in [3.63, 3.8) is 0 Å². The topological polar surface area (TPSA) is 71.2 Å². The molecular weight excluding hydrogens is 280 g/mol. The largest absolute Gasteiger partial charge is 0.481 e. The van der Waals surface area contributed by atoms with Gasteiger partial charge in [-0.05, 0) is 24.1 Å². The van der Waals surface area contributed by atoms with Gasteiger partial charge in [-0.15, -0.1) is 0 Å². The van der Waals surface area contributed by atoms with Crippen LogP contribution in [0.5, 0.6) is 0 Å². The Labute approximate surface area is 129 Å². The molecule has 0 aromatic carbocycles. The van der Waals surface area contributed by atoms with Crippen LogP contribution in [0.2, 0.25) is 0 Å². The van der Waals surface area contributed by atoms with Gasteiger partial charge >= 0.3 is 5.97 Å². The number of hydrogen-bond acceptors (Lipinski definition) is 4. The minimum Gasteiger partial charge on any atom is -0.481 e. The maximum absolute atomic E-state index is 11.5. The number of nitrogens with zero attached hydrogens (tertiary/aromatic N) is 4. The number of aromatic nitrogens is 3. The van der Waals surface area contributed by atoms with Gasteiger partial charge < -0.3 is 10.0 Å². The lowest BCUT2D eigenvalue weighted by molar-refractivity contribution is -0.141. The Bertz CT molecular complexity index is 641. The molecule has 2 atom stereocenters. The molecule has 1 N–H and O–H groups in total. The number of pyridine rings is 1. The highest BCUT2D eigenvalue weighted by Crippen LogP contribution is 2.31. The number of rotatable bonds is 5. The van der Waals surface area contributed by atoms with E-state index in [-0.39, 0.29) is 11.8 Å². The minimum atomic E-state index is -0.737. The Hall–Kier alpha value is -2.21. The van der Waals surface area contributed by atoms with E-state index >= 15 is 0 Å². The third-order valence-electron chi connectivity index (χ3n) is 4.26. The molecule has 2 unspecified atom stereocenters. The Morgan fingerprint density at radius 3 is 2.91 bits per heavy atom. The first-order valence-corrected chi connectivity index (χ1v) is 7.47. The van der Waals surface area contributed by atoms with Crippen molar-refractivity contribution in [3.05, 3.63) is 48.0 Å². The molecule has 1 aliphatic rings. The van der Waals surface area contributed by atoms with Crippen LogP contribution in [-0.4, -0.2) is 50.4 Å². The van der Waals surface area contributed by atoms with Crippen LogP contribution in [0.1, 0.15) is 17.2 Å². The first-order chi connectivity index (χ1) is 10.6. The normalized spacial score (nSPS) is 22.0. The zero-order valence-corrected chi connectivity index (χ0v) is 12.6. The van der Waals surface area contributed by atoms with Crippen LogP contribution < -0.4 is 0 Å². The summed E-state index contributed by atoms with van der Waals surface area (Å²) in [6, 6.07) is 5.69. The number of carboxylic acid groups (broad SMARTS) is 1. The van der Waals surface area contributed by atoms with Crippen molar-refractivity contribution in [2.45, 2.75) is 12.3 Å². The third kappa shape index (κ3) is 3.17. The van der Waals surface area contributed by atoms with Crippen LogP contribution in [0.4, 0.5) is 0 Å². The first-order valence-electron chi connectivity index (χ1n) is 7.47. The molecule has 0 spiro atoms. The number of aryl methyl sites for hydroxylation is 1. The quantitative estimate of drug-likeness (QED) is 0.897. The van der Waals surface area contributed by atoms with Gasteiger partial charge in [0.2, 0.25) is 0 Å². The van der Waals surface area contributed by atoms with Crippen LogP contribution in [0.3, 0.4) is 0 Å². The Morgan fingerprint density at radius 1 is 1.41 bits per heavy atom. The van der Waals surface area contributed by atoms with Crippen molar-refractivity contribution >= 4 is 5.97 Å². The van der Waals surface area contributed by atoms with Gasteiger partial charge in [0.25, 0.3) is 0 Å². The maximum Gasteiger partial charge on any atom is 0.308 e. The molecule has 22 heavy (non-hydrogen) atoms. The highest BCUT2D eigenvalue weighted by Gasteiger charge is 2.38. The van der Waals surface area contributed by atoms with Crippen molar-refractivity contribution in [1.29, 1.82) is 0 Å². The second-order valence-electron chi connectivity index (χ2n) is 5.84. The standard InChI is InChI=1S/C16H20N4O2/c1-19-9-12(8-18-19)5-7-20-10-13(14(11-20)16(21)22)15-4-2-3-6-17-15/h2-4,6,8-9,13-14H,5,7,10-11H2,1H3,(H,21,22). The summed E-state index contributed by atoms with van der Waals surface area (Å²) >= 11 is 0. The molecule has 0 radical (unpaired) electrons. The predicted molar refractivity (Wildman–Crippen MR) is 81.5 cm³/mol. The lowest BCUT2D eigenvalue weighted by Crippen LogP contribution is -2.25. The van der Waals surface area contributed by atoms with Crippen molar-refractivity contribution in [1.82, 2.24) is 19.7 Å². The van der Waals surface area contributed by atoms with Gasteiger partial charge in [0.15, 0.2) is 0 Å². The van der Waals surface area contributed by atoms with Crippen molar-refractivity contribution in [2.24, 2.45) is 13.0 Å². The number of carbonyl (C=O) groups is 1. The van der Waals surface area contributed by atoms with E-state index < -0.39 is 5.97 Å². The summed E-state index contributed by atoms with van der Waals surface area (Å²) in [6.45, 7) is 2.17. The summed E-state index contributed by atoms with van der Waals surface area (Å²) in [6.07, 6.45) is 6.48. The molecule has 116 valence electrons. The summed E-state index contributed by atoms with van der Waals surface area (Å²) in [5.74, 6) is -1.16. The highest BCUT2D eigenvalue weighted by atomic mass is 16.4. The van der Waals surface area contributed by atoms with Gasteiger partial charge in [0, 0.05) is 50.7 Å². The van der Waals surface area contributed by atoms with E-state index in [1.165, 1.54) is 5.56 Å². The third-order valence-corrected chi connectivity index (χ3v) is 4.26. The molecular formula is C16H20N4O2. The van der Waals surface area contributed by atoms with Gasteiger partial charge in [-0.25, -0.2) is 0 Å². The fourth-order valence-electron chi connectivity index (χ4n) is 3.10. The lowest BCUT2D eigenvalue weighted by atomic mass is 9.93.